The molecule has 1 rings (SSSR count). The van der Waals surface area contributed by atoms with Crippen molar-refractivity contribution in [3.8, 4) is 0 Å². The first-order valence-electron chi connectivity index (χ1n) is 3.30. The molecule has 3 nitrogen and oxygen atoms in total. The normalized spacial score (nSPS) is 13.4. The fourth-order valence-corrected chi connectivity index (χ4v) is 1.15. The standard InChI is InChI=1S/C6H11N3S/c1-5(7)2-3-6-4-10-9-8-6/h4-5H,2-3,7H2,1H3. The quantitative estimate of drug-likeness (QED) is 0.706. The minimum atomic E-state index is 0.265. The average Bonchev–Trinajstić information content (AvgIpc) is 2.34. The third-order valence-corrected chi connectivity index (χ3v) is 1.81. The smallest absolute Gasteiger partial charge is 0.0756 e. The Morgan fingerprint density at radius 2 is 2.60 bits per heavy atom. The molecule has 0 radical (unpaired) electrons. The van der Waals surface area contributed by atoms with Crippen LogP contribution in [0, 0.1) is 0 Å². The van der Waals surface area contributed by atoms with E-state index in [2.05, 4.69) is 9.59 Å². The van der Waals surface area contributed by atoms with Crippen molar-refractivity contribution < 1.29 is 0 Å². The maximum Gasteiger partial charge on any atom is 0.0756 e. The molecule has 10 heavy (non-hydrogen) atoms. The Morgan fingerprint density at radius 1 is 1.80 bits per heavy atom. The zero-order valence-corrected chi connectivity index (χ0v) is 6.77. The molecule has 1 aromatic rings. The predicted octanol–water partition coefficient (Wildman–Crippen LogP) is 0.818. The van der Waals surface area contributed by atoms with E-state index in [4.69, 9.17) is 5.73 Å². The van der Waals surface area contributed by atoms with Crippen molar-refractivity contribution >= 4 is 11.5 Å². The molecule has 0 saturated carbocycles. The number of aryl methyl sites for hydroxylation is 1. The topological polar surface area (TPSA) is 51.8 Å². The average molecular weight is 157 g/mol. The lowest BCUT2D eigenvalue weighted by atomic mass is 10.2. The zero-order chi connectivity index (χ0) is 7.40. The summed E-state index contributed by atoms with van der Waals surface area (Å²) in [5.74, 6) is 0. The monoisotopic (exact) mass is 157 g/mol. The first kappa shape index (κ1) is 7.63. The van der Waals surface area contributed by atoms with Crippen LogP contribution in [-0.2, 0) is 6.42 Å². The van der Waals surface area contributed by atoms with Gasteiger partial charge >= 0.3 is 0 Å². The van der Waals surface area contributed by atoms with Crippen LogP contribution in [0.25, 0.3) is 0 Å². The minimum Gasteiger partial charge on any atom is -0.328 e. The fraction of sp³-hybridized carbons (Fsp3) is 0.667. The van der Waals surface area contributed by atoms with E-state index in [0.717, 1.165) is 18.5 Å². The molecule has 0 aliphatic heterocycles. The van der Waals surface area contributed by atoms with E-state index in [1.54, 1.807) is 0 Å². The summed E-state index contributed by atoms with van der Waals surface area (Å²) in [6.45, 7) is 2.00. The second-order valence-corrected chi connectivity index (χ2v) is 3.02. The first-order chi connectivity index (χ1) is 4.79. The molecule has 1 unspecified atom stereocenters. The van der Waals surface area contributed by atoms with Crippen molar-refractivity contribution in [1.29, 1.82) is 0 Å². The number of aromatic nitrogens is 2. The van der Waals surface area contributed by atoms with E-state index in [9.17, 15) is 0 Å². The third-order valence-electron chi connectivity index (χ3n) is 1.26. The molecule has 1 aromatic heterocycles. The molecule has 0 aliphatic carbocycles. The molecule has 0 bridgehead atoms. The van der Waals surface area contributed by atoms with E-state index < -0.39 is 0 Å². The van der Waals surface area contributed by atoms with Crippen molar-refractivity contribution in [1.82, 2.24) is 9.59 Å². The Labute approximate surface area is 64.4 Å². The molecule has 4 heteroatoms. The lowest BCUT2D eigenvalue weighted by Crippen LogP contribution is -2.15. The van der Waals surface area contributed by atoms with Crippen LogP contribution in [0.15, 0.2) is 5.38 Å². The Kier molecular flexibility index (Phi) is 2.77. The lowest BCUT2D eigenvalue weighted by molar-refractivity contribution is 0.657. The van der Waals surface area contributed by atoms with Crippen LogP contribution in [0.5, 0.6) is 0 Å². The zero-order valence-electron chi connectivity index (χ0n) is 5.95. The molecule has 0 amide bonds. The second kappa shape index (κ2) is 3.63. The summed E-state index contributed by atoms with van der Waals surface area (Å²) >= 11 is 1.39. The fourth-order valence-electron chi connectivity index (χ4n) is 0.668. The first-order valence-corrected chi connectivity index (χ1v) is 4.14. The van der Waals surface area contributed by atoms with Gasteiger partial charge in [0, 0.05) is 11.4 Å². The highest BCUT2D eigenvalue weighted by molar-refractivity contribution is 7.03. The van der Waals surface area contributed by atoms with Crippen LogP contribution in [0.3, 0.4) is 0 Å². The van der Waals surface area contributed by atoms with E-state index >= 15 is 0 Å². The van der Waals surface area contributed by atoms with E-state index in [1.165, 1.54) is 11.5 Å². The molecule has 1 atom stereocenters. The van der Waals surface area contributed by atoms with Crippen LogP contribution in [0.4, 0.5) is 0 Å². The predicted molar refractivity (Wildman–Crippen MR) is 41.9 cm³/mol. The highest BCUT2D eigenvalue weighted by atomic mass is 32.1. The number of hydrogen-bond acceptors (Lipinski definition) is 4. The van der Waals surface area contributed by atoms with Gasteiger partial charge in [-0.15, -0.1) is 5.10 Å². The van der Waals surface area contributed by atoms with Crippen LogP contribution < -0.4 is 5.73 Å². The Morgan fingerprint density at radius 3 is 3.10 bits per heavy atom. The molecular weight excluding hydrogens is 146 g/mol. The molecule has 0 fully saturated rings. The summed E-state index contributed by atoms with van der Waals surface area (Å²) in [5, 5.41) is 5.86. The molecule has 2 N–H and O–H groups in total. The highest BCUT2D eigenvalue weighted by Crippen LogP contribution is 2.01. The summed E-state index contributed by atoms with van der Waals surface area (Å²) in [6, 6.07) is 0.265. The van der Waals surface area contributed by atoms with Crippen LogP contribution in [0.1, 0.15) is 19.0 Å². The van der Waals surface area contributed by atoms with Gasteiger partial charge in [0.05, 0.1) is 5.69 Å². The minimum absolute atomic E-state index is 0.265. The van der Waals surface area contributed by atoms with Crippen molar-refractivity contribution in [2.75, 3.05) is 0 Å². The van der Waals surface area contributed by atoms with E-state index in [1.807, 2.05) is 12.3 Å². The third kappa shape index (κ3) is 2.41. The van der Waals surface area contributed by atoms with Gasteiger partial charge in [-0.1, -0.05) is 4.49 Å². The van der Waals surface area contributed by atoms with Gasteiger partial charge in [0.25, 0.3) is 0 Å². The van der Waals surface area contributed by atoms with Gasteiger partial charge in [-0.25, -0.2) is 0 Å². The Bertz CT molecular complexity index is 171. The highest BCUT2D eigenvalue weighted by Gasteiger charge is 1.98. The molecule has 0 aliphatic rings. The number of nitrogens with zero attached hydrogens (tertiary/aromatic N) is 2. The van der Waals surface area contributed by atoms with Gasteiger partial charge in [-0.3, -0.25) is 0 Å². The molecule has 0 aromatic carbocycles. The van der Waals surface area contributed by atoms with Crippen molar-refractivity contribution in [2.24, 2.45) is 5.73 Å². The summed E-state index contributed by atoms with van der Waals surface area (Å²) in [6.07, 6.45) is 1.94. The second-order valence-electron chi connectivity index (χ2n) is 2.41. The summed E-state index contributed by atoms with van der Waals surface area (Å²) in [5.41, 5.74) is 6.62. The molecule has 1 heterocycles. The van der Waals surface area contributed by atoms with Gasteiger partial charge in [-0.05, 0) is 31.3 Å². The van der Waals surface area contributed by atoms with Gasteiger partial charge in [0.1, 0.15) is 0 Å². The molecule has 0 spiro atoms. The number of hydrogen-bond donors (Lipinski definition) is 1. The van der Waals surface area contributed by atoms with Crippen molar-refractivity contribution in [3.63, 3.8) is 0 Å². The maximum atomic E-state index is 5.56. The van der Waals surface area contributed by atoms with E-state index in [0.29, 0.717) is 0 Å². The SMILES string of the molecule is CC(N)CCc1csnn1. The largest absolute Gasteiger partial charge is 0.328 e. The summed E-state index contributed by atoms with van der Waals surface area (Å²) in [4.78, 5) is 0. The maximum absolute atomic E-state index is 5.56. The van der Waals surface area contributed by atoms with Crippen molar-refractivity contribution in [2.45, 2.75) is 25.8 Å². The van der Waals surface area contributed by atoms with Crippen LogP contribution in [-0.4, -0.2) is 15.6 Å². The van der Waals surface area contributed by atoms with Crippen LogP contribution in [0.2, 0.25) is 0 Å². The Hall–Kier alpha value is -0.480. The number of rotatable bonds is 3. The number of nitrogens with two attached hydrogens (primary N) is 1. The lowest BCUT2D eigenvalue weighted by Gasteiger charge is -1.99. The van der Waals surface area contributed by atoms with Gasteiger partial charge in [-0.2, -0.15) is 0 Å². The van der Waals surface area contributed by atoms with E-state index in [-0.39, 0.29) is 6.04 Å². The van der Waals surface area contributed by atoms with Crippen LogP contribution >= 0.6 is 11.5 Å². The summed E-state index contributed by atoms with van der Waals surface area (Å²) < 4.78 is 3.75. The summed E-state index contributed by atoms with van der Waals surface area (Å²) in [7, 11) is 0. The van der Waals surface area contributed by atoms with Crippen molar-refractivity contribution in [3.05, 3.63) is 11.1 Å². The molecule has 0 saturated heterocycles. The van der Waals surface area contributed by atoms with Gasteiger partial charge in [0.2, 0.25) is 0 Å². The molecule has 56 valence electrons. The van der Waals surface area contributed by atoms with Gasteiger partial charge in [0.15, 0.2) is 0 Å². The Balaban J connectivity index is 2.28. The van der Waals surface area contributed by atoms with Gasteiger partial charge < -0.3 is 5.73 Å². The molecular formula is C6H11N3S.